The minimum atomic E-state index is -0.336. The molecule has 6 nitrogen and oxygen atoms in total. The van der Waals surface area contributed by atoms with Gasteiger partial charge in [0, 0.05) is 23.1 Å². The van der Waals surface area contributed by atoms with Crippen LogP contribution in [0.1, 0.15) is 5.56 Å². The van der Waals surface area contributed by atoms with Gasteiger partial charge in [-0.25, -0.2) is 9.67 Å². The quantitative estimate of drug-likeness (QED) is 0.716. The highest BCUT2D eigenvalue weighted by atomic mass is 16.1. The molecule has 0 spiro atoms. The number of aromatic amines is 1. The molecule has 3 aromatic rings. The molecule has 100 valence electrons. The molecule has 6 heteroatoms. The fourth-order valence-electron chi connectivity index (χ4n) is 2.05. The zero-order chi connectivity index (χ0) is 14.1. The summed E-state index contributed by atoms with van der Waals surface area (Å²) in [5.41, 5.74) is 6.76. The van der Waals surface area contributed by atoms with Crippen molar-refractivity contribution < 1.29 is 0 Å². The molecular formula is C14H12N4O2. The van der Waals surface area contributed by atoms with Crippen LogP contribution in [0.2, 0.25) is 0 Å². The van der Waals surface area contributed by atoms with E-state index < -0.39 is 0 Å². The molecule has 20 heavy (non-hydrogen) atoms. The average molecular weight is 268 g/mol. The molecule has 3 N–H and O–H groups in total. The molecule has 0 aliphatic carbocycles. The van der Waals surface area contributed by atoms with Crippen LogP contribution in [0.3, 0.4) is 0 Å². The number of hydrogen-bond acceptors (Lipinski definition) is 4. The summed E-state index contributed by atoms with van der Waals surface area (Å²) in [6, 6.07) is 11.9. The Hall–Kier alpha value is -2.89. The van der Waals surface area contributed by atoms with E-state index >= 15 is 0 Å². The number of fused-ring (bicyclic) bond motifs is 1. The summed E-state index contributed by atoms with van der Waals surface area (Å²) < 4.78 is 1.21. The average Bonchev–Trinajstić information content (AvgIpc) is 2.43. The Morgan fingerprint density at radius 3 is 2.80 bits per heavy atom. The van der Waals surface area contributed by atoms with Gasteiger partial charge in [0.1, 0.15) is 5.82 Å². The number of pyridine rings is 1. The standard InChI is InChI=1S/C14H12N4O2/c15-14-10(7-9-3-1-2-4-11(9)16-14)8-18-13(20)6-5-12(19)17-18/h1-7H,8H2,(H2,15,16)(H,17,19). The fraction of sp³-hybridized carbons (Fsp3) is 0.0714. The van der Waals surface area contributed by atoms with E-state index in [1.165, 1.54) is 16.8 Å². The monoisotopic (exact) mass is 268 g/mol. The summed E-state index contributed by atoms with van der Waals surface area (Å²) >= 11 is 0. The second-order valence-corrected chi connectivity index (χ2v) is 4.46. The molecule has 1 aromatic carbocycles. The fourth-order valence-corrected chi connectivity index (χ4v) is 2.05. The normalized spacial score (nSPS) is 10.8. The number of benzene rings is 1. The Kier molecular flexibility index (Phi) is 2.83. The summed E-state index contributed by atoms with van der Waals surface area (Å²) in [6.07, 6.45) is 0. The van der Waals surface area contributed by atoms with Gasteiger partial charge in [-0.05, 0) is 12.1 Å². The third-order valence-electron chi connectivity index (χ3n) is 3.05. The molecule has 2 aromatic heterocycles. The van der Waals surface area contributed by atoms with Gasteiger partial charge in [-0.2, -0.15) is 0 Å². The maximum absolute atomic E-state index is 11.7. The van der Waals surface area contributed by atoms with Crippen LogP contribution in [0.25, 0.3) is 10.9 Å². The third kappa shape index (κ3) is 2.18. The summed E-state index contributed by atoms with van der Waals surface area (Å²) in [5.74, 6) is 0.348. The van der Waals surface area contributed by atoms with Gasteiger partial charge in [0.25, 0.3) is 11.1 Å². The van der Waals surface area contributed by atoms with E-state index in [-0.39, 0.29) is 17.7 Å². The molecule has 0 bridgehead atoms. The van der Waals surface area contributed by atoms with Crippen LogP contribution >= 0.6 is 0 Å². The van der Waals surface area contributed by atoms with Gasteiger partial charge in [0.05, 0.1) is 12.1 Å². The highest BCUT2D eigenvalue weighted by molar-refractivity contribution is 5.81. The maximum atomic E-state index is 11.7. The van der Waals surface area contributed by atoms with Crippen molar-refractivity contribution in [2.75, 3.05) is 5.73 Å². The second kappa shape index (κ2) is 4.65. The highest BCUT2D eigenvalue weighted by Crippen LogP contribution is 2.18. The first kappa shape index (κ1) is 12.2. The van der Waals surface area contributed by atoms with Crippen molar-refractivity contribution in [3.05, 3.63) is 68.7 Å². The lowest BCUT2D eigenvalue weighted by Gasteiger charge is -2.08. The van der Waals surface area contributed by atoms with Gasteiger partial charge in [-0.1, -0.05) is 18.2 Å². The number of nitrogen functional groups attached to an aromatic ring is 1. The van der Waals surface area contributed by atoms with Crippen LogP contribution in [-0.4, -0.2) is 14.8 Å². The molecule has 2 heterocycles. The molecule has 0 saturated carbocycles. The first-order valence-electron chi connectivity index (χ1n) is 6.08. The third-order valence-corrected chi connectivity index (χ3v) is 3.05. The number of aromatic nitrogens is 3. The van der Waals surface area contributed by atoms with Crippen molar-refractivity contribution in [1.82, 2.24) is 14.8 Å². The van der Waals surface area contributed by atoms with Crippen molar-refractivity contribution in [2.24, 2.45) is 0 Å². The lowest BCUT2D eigenvalue weighted by molar-refractivity contribution is 0.628. The molecular weight excluding hydrogens is 256 g/mol. The van der Waals surface area contributed by atoms with Gasteiger partial charge in [-0.15, -0.1) is 0 Å². The Labute approximate surface area is 113 Å². The molecule has 0 fully saturated rings. The molecule has 0 saturated heterocycles. The van der Waals surface area contributed by atoms with E-state index in [1.807, 2.05) is 30.3 Å². The number of nitrogens with two attached hydrogens (primary N) is 1. The van der Waals surface area contributed by atoms with Crippen LogP contribution in [0.5, 0.6) is 0 Å². The number of nitrogens with zero attached hydrogens (tertiary/aromatic N) is 2. The lowest BCUT2D eigenvalue weighted by atomic mass is 10.1. The minimum Gasteiger partial charge on any atom is -0.383 e. The van der Waals surface area contributed by atoms with Gasteiger partial charge in [0.2, 0.25) is 0 Å². The predicted molar refractivity (Wildman–Crippen MR) is 76.6 cm³/mol. The molecule has 0 radical (unpaired) electrons. The zero-order valence-corrected chi connectivity index (χ0v) is 10.5. The Balaban J connectivity index is 2.10. The van der Waals surface area contributed by atoms with Gasteiger partial charge >= 0.3 is 0 Å². The lowest BCUT2D eigenvalue weighted by Crippen LogP contribution is -2.28. The first-order valence-corrected chi connectivity index (χ1v) is 6.08. The zero-order valence-electron chi connectivity index (χ0n) is 10.5. The van der Waals surface area contributed by atoms with Gasteiger partial charge in [-0.3, -0.25) is 14.7 Å². The maximum Gasteiger partial charge on any atom is 0.265 e. The number of rotatable bonds is 2. The molecule has 3 rings (SSSR count). The van der Waals surface area contributed by atoms with Crippen molar-refractivity contribution in [1.29, 1.82) is 0 Å². The van der Waals surface area contributed by atoms with Gasteiger partial charge in [0.15, 0.2) is 0 Å². The summed E-state index contributed by atoms with van der Waals surface area (Å²) in [6.45, 7) is 0.179. The summed E-state index contributed by atoms with van der Waals surface area (Å²) in [7, 11) is 0. The molecule has 0 aliphatic rings. The first-order chi connectivity index (χ1) is 9.63. The number of anilines is 1. The molecule has 0 unspecified atom stereocenters. The number of nitrogens with one attached hydrogen (secondary N) is 1. The molecule has 0 amide bonds. The Morgan fingerprint density at radius 2 is 1.95 bits per heavy atom. The second-order valence-electron chi connectivity index (χ2n) is 4.46. The van der Waals surface area contributed by atoms with Crippen LogP contribution in [0.15, 0.2) is 52.1 Å². The number of H-pyrrole nitrogens is 1. The van der Waals surface area contributed by atoms with Crippen molar-refractivity contribution in [3.63, 3.8) is 0 Å². The molecule has 0 aliphatic heterocycles. The van der Waals surface area contributed by atoms with E-state index in [4.69, 9.17) is 5.73 Å². The topological polar surface area (TPSA) is 93.8 Å². The van der Waals surface area contributed by atoms with E-state index in [0.29, 0.717) is 11.4 Å². The minimum absolute atomic E-state index is 0.179. The number of para-hydroxylation sites is 1. The van der Waals surface area contributed by atoms with Crippen LogP contribution < -0.4 is 16.9 Å². The largest absolute Gasteiger partial charge is 0.383 e. The van der Waals surface area contributed by atoms with Crippen LogP contribution in [0, 0.1) is 0 Å². The smallest absolute Gasteiger partial charge is 0.265 e. The summed E-state index contributed by atoms with van der Waals surface area (Å²) in [4.78, 5) is 27.2. The van der Waals surface area contributed by atoms with E-state index in [0.717, 1.165) is 10.9 Å². The van der Waals surface area contributed by atoms with E-state index in [1.54, 1.807) is 0 Å². The van der Waals surface area contributed by atoms with Crippen LogP contribution in [-0.2, 0) is 6.54 Å². The Bertz CT molecular complexity index is 895. The van der Waals surface area contributed by atoms with Gasteiger partial charge < -0.3 is 5.73 Å². The summed E-state index contributed by atoms with van der Waals surface area (Å²) in [5, 5.41) is 3.40. The van der Waals surface area contributed by atoms with Crippen molar-refractivity contribution in [3.8, 4) is 0 Å². The molecule has 0 atom stereocenters. The van der Waals surface area contributed by atoms with Crippen LogP contribution in [0.4, 0.5) is 5.82 Å². The predicted octanol–water partition coefficient (Wildman–Crippen LogP) is 0.715. The SMILES string of the molecule is Nc1nc2ccccc2cc1Cn1[nH]c(=O)ccc1=O. The van der Waals surface area contributed by atoms with E-state index in [9.17, 15) is 9.59 Å². The Morgan fingerprint density at radius 1 is 1.15 bits per heavy atom. The number of hydrogen-bond donors (Lipinski definition) is 2. The highest BCUT2D eigenvalue weighted by Gasteiger charge is 2.06. The van der Waals surface area contributed by atoms with E-state index in [2.05, 4.69) is 10.1 Å². The van der Waals surface area contributed by atoms with Crippen molar-refractivity contribution >= 4 is 16.7 Å². The van der Waals surface area contributed by atoms with Crippen molar-refractivity contribution in [2.45, 2.75) is 6.54 Å².